The van der Waals surface area contributed by atoms with E-state index in [0.717, 1.165) is 5.56 Å². The number of benzene rings is 2. The van der Waals surface area contributed by atoms with Crippen LogP contribution in [0.25, 0.3) is 0 Å². The standard InChI is InChI=1S/C28H39O11PS/c1-27(2,3)25(29)35-19-37-40(31,38-20-36-26(30)28(4,5)6)24(41(32,33)34)18-23(17-21-13-9-7-10-14-21)39-22-15-11-8-12-16-22/h7-16,23-24H,17-20H2,1-6H3,(H,32,33,34). The van der Waals surface area contributed by atoms with Crippen LogP contribution in [0.4, 0.5) is 0 Å². The normalized spacial score (nSPS) is 14.1. The van der Waals surface area contributed by atoms with E-state index in [9.17, 15) is 27.1 Å². The quantitative estimate of drug-likeness (QED) is 0.122. The first-order valence-electron chi connectivity index (χ1n) is 12.9. The van der Waals surface area contributed by atoms with Crippen molar-refractivity contribution in [2.24, 2.45) is 10.8 Å². The van der Waals surface area contributed by atoms with Crippen molar-refractivity contribution in [3.8, 4) is 5.75 Å². The molecule has 0 spiro atoms. The Bertz CT molecular complexity index is 1210. The lowest BCUT2D eigenvalue weighted by Gasteiger charge is -2.29. The molecule has 0 fully saturated rings. The second kappa shape index (κ2) is 14.4. The number of carbonyl (C=O) groups excluding carboxylic acids is 2. The van der Waals surface area contributed by atoms with Crippen LogP contribution in [0.3, 0.4) is 0 Å². The molecule has 0 heterocycles. The minimum absolute atomic E-state index is 0.166. The molecule has 0 saturated heterocycles. The molecule has 2 atom stereocenters. The van der Waals surface area contributed by atoms with Crippen LogP contribution in [0, 0.1) is 10.8 Å². The topological polar surface area (TPSA) is 152 Å². The van der Waals surface area contributed by atoms with Crippen LogP contribution in [0.2, 0.25) is 0 Å². The molecule has 228 valence electrons. The van der Waals surface area contributed by atoms with Crippen molar-refractivity contribution in [1.82, 2.24) is 0 Å². The number of para-hydroxylation sites is 1. The zero-order chi connectivity index (χ0) is 30.9. The third kappa shape index (κ3) is 11.6. The Balaban J connectivity index is 2.41. The smallest absolute Gasteiger partial charge is 0.357 e. The molecule has 2 aromatic carbocycles. The predicted molar refractivity (Wildman–Crippen MR) is 152 cm³/mol. The summed E-state index contributed by atoms with van der Waals surface area (Å²) in [5.41, 5.74) is -1.11. The zero-order valence-electron chi connectivity index (χ0n) is 24.1. The maximum Gasteiger partial charge on any atom is 0.357 e. The fourth-order valence-electron chi connectivity index (χ4n) is 3.32. The number of ether oxygens (including phenoxy) is 3. The molecule has 0 aromatic heterocycles. The lowest BCUT2D eigenvalue weighted by atomic mass is 9.98. The molecule has 0 aliphatic rings. The first-order valence-corrected chi connectivity index (χ1v) is 16.0. The van der Waals surface area contributed by atoms with Gasteiger partial charge in [-0.05, 0) is 59.2 Å². The summed E-state index contributed by atoms with van der Waals surface area (Å²) in [6, 6.07) is 17.5. The maximum absolute atomic E-state index is 14.0. The molecule has 0 radical (unpaired) electrons. The average Bonchev–Trinajstić information content (AvgIpc) is 2.86. The summed E-state index contributed by atoms with van der Waals surface area (Å²) >= 11 is 0. The van der Waals surface area contributed by atoms with Gasteiger partial charge in [-0.25, -0.2) is 0 Å². The van der Waals surface area contributed by atoms with Crippen molar-refractivity contribution >= 4 is 29.7 Å². The molecule has 2 unspecified atom stereocenters. The highest BCUT2D eigenvalue weighted by atomic mass is 32.2. The molecule has 2 rings (SSSR count). The molecule has 13 heteroatoms. The Labute approximate surface area is 241 Å². The fourth-order valence-corrected chi connectivity index (χ4v) is 6.75. The van der Waals surface area contributed by atoms with E-state index in [-0.39, 0.29) is 6.42 Å². The van der Waals surface area contributed by atoms with Gasteiger partial charge in [0.25, 0.3) is 10.1 Å². The van der Waals surface area contributed by atoms with Crippen LogP contribution >= 0.6 is 7.60 Å². The van der Waals surface area contributed by atoms with Gasteiger partial charge < -0.3 is 14.2 Å². The minimum atomic E-state index is -5.13. The van der Waals surface area contributed by atoms with Gasteiger partial charge in [-0.3, -0.25) is 27.8 Å². The lowest BCUT2D eigenvalue weighted by Crippen LogP contribution is -2.33. The Morgan fingerprint density at radius 2 is 1.24 bits per heavy atom. The van der Waals surface area contributed by atoms with E-state index in [1.54, 1.807) is 96.1 Å². The van der Waals surface area contributed by atoms with Crippen LogP contribution < -0.4 is 4.74 Å². The Morgan fingerprint density at radius 3 is 1.66 bits per heavy atom. The summed E-state index contributed by atoms with van der Waals surface area (Å²) < 4.78 is 76.2. The summed E-state index contributed by atoms with van der Waals surface area (Å²) in [7, 11) is -10.0. The van der Waals surface area contributed by atoms with Crippen LogP contribution in [-0.2, 0) is 49.2 Å². The van der Waals surface area contributed by atoms with Crippen LogP contribution in [0.1, 0.15) is 53.5 Å². The lowest BCUT2D eigenvalue weighted by molar-refractivity contribution is -0.162. The van der Waals surface area contributed by atoms with Crippen molar-refractivity contribution in [2.45, 2.75) is 65.5 Å². The summed E-state index contributed by atoms with van der Waals surface area (Å²) in [6.45, 7) is 7.56. The second-order valence-corrected chi connectivity index (χ2v) is 15.5. The number of hydrogen-bond acceptors (Lipinski definition) is 10. The van der Waals surface area contributed by atoms with Gasteiger partial charge in [0.05, 0.1) is 10.8 Å². The van der Waals surface area contributed by atoms with E-state index in [2.05, 4.69) is 0 Å². The van der Waals surface area contributed by atoms with Gasteiger partial charge >= 0.3 is 19.5 Å². The third-order valence-electron chi connectivity index (χ3n) is 5.58. The van der Waals surface area contributed by atoms with Gasteiger partial charge in [-0.15, -0.1) is 0 Å². The first kappa shape index (κ1) is 34.4. The van der Waals surface area contributed by atoms with Crippen LogP contribution in [0.15, 0.2) is 60.7 Å². The van der Waals surface area contributed by atoms with Gasteiger partial charge in [-0.2, -0.15) is 8.42 Å². The summed E-state index contributed by atoms with van der Waals surface area (Å²) in [5.74, 6) is -1.04. The van der Waals surface area contributed by atoms with Crippen molar-refractivity contribution in [2.75, 3.05) is 13.6 Å². The molecule has 0 amide bonds. The summed E-state index contributed by atoms with van der Waals surface area (Å²) in [5, 5.41) is 0. The second-order valence-electron chi connectivity index (χ2n) is 11.3. The Kier molecular flexibility index (Phi) is 12.1. The van der Waals surface area contributed by atoms with Crippen molar-refractivity contribution in [1.29, 1.82) is 0 Å². The van der Waals surface area contributed by atoms with E-state index >= 15 is 0 Å². The maximum atomic E-state index is 14.0. The third-order valence-corrected chi connectivity index (χ3v) is 9.88. The van der Waals surface area contributed by atoms with E-state index < -0.39 is 71.6 Å². The molecule has 1 N–H and O–H groups in total. The molecule has 11 nitrogen and oxygen atoms in total. The van der Waals surface area contributed by atoms with E-state index in [1.165, 1.54) is 0 Å². The van der Waals surface area contributed by atoms with Gasteiger partial charge in [0.15, 0.2) is 4.99 Å². The largest absolute Gasteiger partial charge is 0.490 e. The predicted octanol–water partition coefficient (Wildman–Crippen LogP) is 5.60. The Hall–Kier alpha value is -2.76. The first-order chi connectivity index (χ1) is 18.9. The van der Waals surface area contributed by atoms with Crippen LogP contribution in [-0.4, -0.2) is 49.6 Å². The van der Waals surface area contributed by atoms with Crippen molar-refractivity contribution < 1.29 is 50.4 Å². The van der Waals surface area contributed by atoms with Crippen molar-refractivity contribution in [3.05, 3.63) is 66.2 Å². The van der Waals surface area contributed by atoms with E-state index in [4.69, 9.17) is 23.3 Å². The summed E-state index contributed by atoms with van der Waals surface area (Å²) in [6.07, 6.45) is -1.33. The fraction of sp³-hybridized carbons (Fsp3) is 0.500. The van der Waals surface area contributed by atoms with Crippen molar-refractivity contribution in [3.63, 3.8) is 0 Å². The van der Waals surface area contributed by atoms with Gasteiger partial charge in [0.2, 0.25) is 13.6 Å². The minimum Gasteiger partial charge on any atom is -0.490 e. The number of carbonyl (C=O) groups is 2. The van der Waals surface area contributed by atoms with E-state index in [0.29, 0.717) is 5.75 Å². The molecule has 0 aliphatic heterocycles. The van der Waals surface area contributed by atoms with Gasteiger partial charge in [-0.1, -0.05) is 48.5 Å². The zero-order valence-corrected chi connectivity index (χ0v) is 25.9. The SMILES string of the molecule is CC(C)(C)C(=O)OCOP(=O)(OCOC(=O)C(C)(C)C)C(CC(Cc1ccccc1)Oc1ccccc1)S(=O)(=O)O. The highest BCUT2D eigenvalue weighted by Crippen LogP contribution is 2.57. The van der Waals surface area contributed by atoms with Gasteiger partial charge in [0, 0.05) is 12.8 Å². The Morgan fingerprint density at radius 1 is 0.805 bits per heavy atom. The molecule has 0 saturated carbocycles. The number of hydrogen-bond donors (Lipinski definition) is 1. The molecular formula is C28H39O11PS. The highest BCUT2D eigenvalue weighted by Gasteiger charge is 2.47. The molecule has 0 bridgehead atoms. The molecule has 0 aliphatic carbocycles. The van der Waals surface area contributed by atoms with Crippen LogP contribution in [0.5, 0.6) is 5.75 Å². The monoisotopic (exact) mass is 614 g/mol. The number of esters is 2. The molecular weight excluding hydrogens is 575 g/mol. The van der Waals surface area contributed by atoms with Gasteiger partial charge in [0.1, 0.15) is 11.9 Å². The van der Waals surface area contributed by atoms with E-state index in [1.807, 2.05) is 6.07 Å². The number of rotatable bonds is 14. The highest BCUT2D eigenvalue weighted by molar-refractivity contribution is 7.94. The molecule has 41 heavy (non-hydrogen) atoms. The molecule has 2 aromatic rings. The summed E-state index contributed by atoms with van der Waals surface area (Å²) in [4.78, 5) is 22.3. The average molecular weight is 615 g/mol.